The van der Waals surface area contributed by atoms with Gasteiger partial charge in [-0.2, -0.15) is 4.31 Å². The molecule has 2 aromatic carbocycles. The first kappa shape index (κ1) is 22.8. The minimum Gasteiger partial charge on any atom is -0.452 e. The van der Waals surface area contributed by atoms with Crippen LogP contribution >= 0.6 is 0 Å². The van der Waals surface area contributed by atoms with Crippen LogP contribution in [0.15, 0.2) is 51.8 Å². The van der Waals surface area contributed by atoms with Crippen molar-refractivity contribution in [1.82, 2.24) is 9.29 Å². The van der Waals surface area contributed by atoms with Gasteiger partial charge in [0.25, 0.3) is 0 Å². The van der Waals surface area contributed by atoms with Gasteiger partial charge in [0.1, 0.15) is 5.52 Å². The summed E-state index contributed by atoms with van der Waals surface area (Å²) in [6, 6.07) is 12.0. The lowest BCUT2D eigenvalue weighted by molar-refractivity contribution is 0.0440. The third kappa shape index (κ3) is 4.66. The molecule has 9 nitrogen and oxygen atoms in total. The summed E-state index contributed by atoms with van der Waals surface area (Å²) in [5.74, 6) is -0.326. The van der Waals surface area contributed by atoms with Gasteiger partial charge in [-0.05, 0) is 49.6 Å². The highest BCUT2D eigenvalue weighted by Crippen LogP contribution is 2.29. The summed E-state index contributed by atoms with van der Waals surface area (Å²) in [6.45, 7) is 2.74. The van der Waals surface area contributed by atoms with Gasteiger partial charge in [-0.25, -0.2) is 18.2 Å². The van der Waals surface area contributed by atoms with Crippen molar-refractivity contribution in [3.8, 4) is 0 Å². The SMILES string of the molecule is O=C(OCc1nc2ccccc2o1)c1cc(S(=O)(=O)N2CCOCC2)ccc1N1CCCCC1. The monoisotopic (exact) mass is 485 g/mol. The van der Waals surface area contributed by atoms with Crippen molar-refractivity contribution in [2.45, 2.75) is 30.8 Å². The number of anilines is 1. The molecule has 0 bridgehead atoms. The first-order valence-corrected chi connectivity index (χ1v) is 12.9. The standard InChI is InChI=1S/C24H27N3O6S/c28-24(32-17-23-25-20-6-2-3-7-22(20)33-23)19-16-18(34(29,30)27-12-14-31-15-13-27)8-9-21(19)26-10-4-1-5-11-26/h2-3,6-9,16H,1,4-5,10-15,17H2. The van der Waals surface area contributed by atoms with Gasteiger partial charge in [0.15, 0.2) is 12.2 Å². The number of esters is 1. The molecule has 1 aromatic heterocycles. The Balaban J connectivity index is 1.43. The molecule has 2 aliphatic rings. The number of ether oxygens (including phenoxy) is 2. The van der Waals surface area contributed by atoms with Crippen molar-refractivity contribution in [3.05, 3.63) is 53.9 Å². The summed E-state index contributed by atoms with van der Waals surface area (Å²) in [6.07, 6.45) is 3.17. The Hall–Kier alpha value is -2.95. The van der Waals surface area contributed by atoms with Gasteiger partial charge in [0.05, 0.1) is 29.4 Å². The van der Waals surface area contributed by atoms with E-state index in [9.17, 15) is 13.2 Å². The summed E-state index contributed by atoms with van der Waals surface area (Å²) in [4.78, 5) is 19.7. The fourth-order valence-electron chi connectivity index (χ4n) is 4.37. The van der Waals surface area contributed by atoms with Crippen LogP contribution in [0, 0.1) is 0 Å². The molecule has 2 saturated heterocycles. The fourth-order valence-corrected chi connectivity index (χ4v) is 5.81. The van der Waals surface area contributed by atoms with E-state index >= 15 is 0 Å². The van der Waals surface area contributed by atoms with E-state index in [0.717, 1.165) is 32.4 Å². The number of fused-ring (bicyclic) bond motifs is 1. The Kier molecular flexibility index (Phi) is 6.53. The van der Waals surface area contributed by atoms with Crippen molar-refractivity contribution in [2.75, 3.05) is 44.3 Å². The van der Waals surface area contributed by atoms with E-state index in [4.69, 9.17) is 13.9 Å². The molecule has 0 unspecified atom stereocenters. The van der Waals surface area contributed by atoms with Crippen molar-refractivity contribution in [2.24, 2.45) is 0 Å². The lowest BCUT2D eigenvalue weighted by atomic mass is 10.1. The molecule has 10 heteroatoms. The number of piperidine rings is 1. The first-order chi connectivity index (χ1) is 16.5. The second kappa shape index (κ2) is 9.73. The van der Waals surface area contributed by atoms with Gasteiger partial charge in [0, 0.05) is 26.2 Å². The number of aromatic nitrogens is 1. The van der Waals surface area contributed by atoms with Gasteiger partial charge < -0.3 is 18.8 Å². The minimum absolute atomic E-state index is 0.0731. The highest BCUT2D eigenvalue weighted by Gasteiger charge is 2.29. The van der Waals surface area contributed by atoms with Gasteiger partial charge in [-0.3, -0.25) is 0 Å². The zero-order valence-corrected chi connectivity index (χ0v) is 19.6. The molecule has 2 fully saturated rings. The molecule has 0 spiro atoms. The smallest absolute Gasteiger partial charge is 0.340 e. The first-order valence-electron chi connectivity index (χ1n) is 11.5. The molecule has 0 N–H and O–H groups in total. The predicted molar refractivity (Wildman–Crippen MR) is 125 cm³/mol. The second-order valence-electron chi connectivity index (χ2n) is 8.39. The average molecular weight is 486 g/mol. The number of carbonyl (C=O) groups is 1. The number of hydrogen-bond acceptors (Lipinski definition) is 8. The quantitative estimate of drug-likeness (QED) is 0.491. The molecule has 0 atom stereocenters. The summed E-state index contributed by atoms with van der Waals surface area (Å²) >= 11 is 0. The van der Waals surface area contributed by atoms with E-state index in [0.29, 0.717) is 30.0 Å². The van der Waals surface area contributed by atoms with Crippen molar-refractivity contribution >= 4 is 32.8 Å². The summed E-state index contributed by atoms with van der Waals surface area (Å²) in [5.41, 5.74) is 2.21. The van der Waals surface area contributed by atoms with Crippen LogP contribution in [0.3, 0.4) is 0 Å². The van der Waals surface area contributed by atoms with Crippen LogP contribution in [-0.4, -0.2) is 63.1 Å². The zero-order valence-electron chi connectivity index (χ0n) is 18.8. The normalized spacial score (nSPS) is 17.7. The van der Waals surface area contributed by atoms with E-state index in [2.05, 4.69) is 9.88 Å². The van der Waals surface area contributed by atoms with E-state index in [-0.39, 0.29) is 36.0 Å². The average Bonchev–Trinajstić information content (AvgIpc) is 3.31. The second-order valence-corrected chi connectivity index (χ2v) is 10.3. The molecule has 0 amide bonds. The number of para-hydroxylation sites is 2. The van der Waals surface area contributed by atoms with E-state index in [1.54, 1.807) is 18.2 Å². The Morgan fingerprint density at radius 1 is 1.00 bits per heavy atom. The molecule has 2 aliphatic heterocycles. The molecule has 3 heterocycles. The Morgan fingerprint density at radius 3 is 2.53 bits per heavy atom. The van der Waals surface area contributed by atoms with Gasteiger partial charge in [-0.1, -0.05) is 12.1 Å². The number of hydrogen-bond donors (Lipinski definition) is 0. The van der Waals surface area contributed by atoms with Crippen molar-refractivity contribution in [1.29, 1.82) is 0 Å². The molecule has 5 rings (SSSR count). The van der Waals surface area contributed by atoms with E-state index in [1.807, 2.05) is 18.2 Å². The van der Waals surface area contributed by atoms with E-state index in [1.165, 1.54) is 10.4 Å². The fraction of sp³-hybridized carbons (Fsp3) is 0.417. The van der Waals surface area contributed by atoms with Crippen LogP contribution in [-0.2, 0) is 26.1 Å². The summed E-state index contributed by atoms with van der Waals surface area (Å²) in [5, 5.41) is 0. The van der Waals surface area contributed by atoms with Crippen LogP contribution in [0.5, 0.6) is 0 Å². The van der Waals surface area contributed by atoms with Gasteiger partial charge in [-0.15, -0.1) is 0 Å². The maximum absolute atomic E-state index is 13.2. The number of morpholine rings is 1. The van der Waals surface area contributed by atoms with Crippen LogP contribution in [0.2, 0.25) is 0 Å². The number of benzene rings is 2. The van der Waals surface area contributed by atoms with Gasteiger partial charge in [0.2, 0.25) is 15.9 Å². The Labute approximate surface area is 198 Å². The van der Waals surface area contributed by atoms with Crippen LogP contribution < -0.4 is 4.90 Å². The Morgan fingerprint density at radius 2 is 1.76 bits per heavy atom. The number of oxazole rings is 1. The zero-order chi connectivity index (χ0) is 23.5. The highest BCUT2D eigenvalue weighted by molar-refractivity contribution is 7.89. The number of nitrogens with zero attached hydrogens (tertiary/aromatic N) is 3. The summed E-state index contributed by atoms with van der Waals surface area (Å²) < 4.78 is 44.3. The topological polar surface area (TPSA) is 102 Å². The molecule has 0 radical (unpaired) electrons. The minimum atomic E-state index is -3.75. The molecular formula is C24H27N3O6S. The van der Waals surface area contributed by atoms with Crippen molar-refractivity contribution < 1.29 is 27.1 Å². The van der Waals surface area contributed by atoms with Crippen LogP contribution in [0.1, 0.15) is 35.5 Å². The lowest BCUT2D eigenvalue weighted by Crippen LogP contribution is -2.40. The maximum Gasteiger partial charge on any atom is 0.340 e. The molecule has 180 valence electrons. The molecular weight excluding hydrogens is 458 g/mol. The van der Waals surface area contributed by atoms with Crippen molar-refractivity contribution in [3.63, 3.8) is 0 Å². The Bertz CT molecular complexity index is 1240. The molecule has 0 saturated carbocycles. The van der Waals surface area contributed by atoms with Gasteiger partial charge >= 0.3 is 5.97 Å². The molecule has 3 aromatic rings. The predicted octanol–water partition coefficient (Wildman–Crippen LogP) is 3.20. The highest BCUT2D eigenvalue weighted by atomic mass is 32.2. The lowest BCUT2D eigenvalue weighted by Gasteiger charge is -2.31. The number of carbonyl (C=O) groups excluding carboxylic acids is 1. The maximum atomic E-state index is 13.2. The third-order valence-electron chi connectivity index (χ3n) is 6.16. The third-order valence-corrected chi connectivity index (χ3v) is 8.05. The molecule has 0 aliphatic carbocycles. The van der Waals surface area contributed by atoms with Crippen LogP contribution in [0.4, 0.5) is 5.69 Å². The number of sulfonamides is 1. The number of rotatable bonds is 6. The largest absolute Gasteiger partial charge is 0.452 e. The van der Waals surface area contributed by atoms with Crippen LogP contribution in [0.25, 0.3) is 11.1 Å². The summed E-state index contributed by atoms with van der Waals surface area (Å²) in [7, 11) is -3.75. The van der Waals surface area contributed by atoms with E-state index < -0.39 is 16.0 Å². The molecule has 34 heavy (non-hydrogen) atoms.